The van der Waals surface area contributed by atoms with Crippen LogP contribution in [0.1, 0.15) is 0 Å². The van der Waals surface area contributed by atoms with Gasteiger partial charge in [0, 0.05) is 0 Å². The van der Waals surface area contributed by atoms with E-state index in [1.165, 1.54) is 0 Å². The summed E-state index contributed by atoms with van der Waals surface area (Å²) in [7, 11) is 0. The van der Waals surface area contributed by atoms with E-state index in [1.54, 1.807) is 0 Å². The van der Waals surface area contributed by atoms with Crippen LogP contribution in [0.5, 0.6) is 0 Å². The fourth-order valence-electron chi connectivity index (χ4n) is 0. The van der Waals surface area contributed by atoms with Crippen molar-refractivity contribution >= 4 is 20.4 Å². The second-order valence-corrected chi connectivity index (χ2v) is 0.251. The molecular formula is C3CoNO4. The van der Waals surface area contributed by atoms with E-state index in [4.69, 9.17) is 19.3 Å². The minimum atomic E-state index is 1.94. The molecule has 0 aromatic heterocycles. The van der Waals surface area contributed by atoms with Gasteiger partial charge in [-0.15, -0.1) is 0 Å². The topological polar surface area (TPSA) is 80.6 Å². The van der Waals surface area contributed by atoms with E-state index in [1.807, 2.05) is 4.23 Å². The van der Waals surface area contributed by atoms with Crippen molar-refractivity contribution < 1.29 is 30.3 Å². The van der Waals surface area contributed by atoms with Gasteiger partial charge in [0.1, 0.15) is 0 Å². The summed E-state index contributed by atoms with van der Waals surface area (Å²) in [5.74, 6) is 0. The molecule has 0 bridgehead atoms. The average Bonchev–Trinajstić information content (AvgIpc) is 2.01. The molecule has 0 aliphatic rings. The van der Waals surface area contributed by atoms with Crippen LogP contribution in [-0.4, -0.2) is 20.4 Å². The second-order valence-electron chi connectivity index (χ2n) is 0.0609. The van der Waals surface area contributed by atoms with E-state index >= 15 is 0 Å². The average molecular weight is 173 g/mol. The van der Waals surface area contributed by atoms with Gasteiger partial charge >= 0.3 is 25.1 Å². The number of hydrogen-bond acceptors (Lipinski definition) is 5. The van der Waals surface area contributed by atoms with E-state index in [0.717, 1.165) is 0 Å². The number of rotatable bonds is 0. The van der Waals surface area contributed by atoms with Crippen molar-refractivity contribution in [3.63, 3.8) is 0 Å². The Hall–Kier alpha value is -0.884. The first-order valence-corrected chi connectivity index (χ1v) is 1.41. The summed E-state index contributed by atoms with van der Waals surface area (Å²) in [6.45, 7) is 13.5. The van der Waals surface area contributed by atoms with Crippen LogP contribution in [0.4, 0.5) is 0 Å². The van der Waals surface area contributed by atoms with Gasteiger partial charge in [0.25, 0.3) is 20.4 Å². The maximum Gasteiger partial charge on any atom is 0.281 e. The zero-order valence-corrected chi connectivity index (χ0v) is 4.95. The minimum absolute atomic E-state index is 1.94. The van der Waals surface area contributed by atoms with Gasteiger partial charge in [-0.3, -0.25) is 14.4 Å². The van der Waals surface area contributed by atoms with Gasteiger partial charge in [-0.1, -0.05) is 0 Å². The largest absolute Gasteiger partial charge is 0.281 e. The Bertz CT molecular complexity index is 40.0. The molecule has 0 fully saturated rings. The van der Waals surface area contributed by atoms with Crippen LogP contribution in [0.3, 0.4) is 0 Å². The molecule has 0 aliphatic carbocycles. The third kappa shape index (κ3) is 239. The molecule has 0 rings (SSSR count). The first kappa shape index (κ1) is 24.3. The molecule has 6 radical (unpaired) electrons. The molecule has 0 aromatic rings. The van der Waals surface area contributed by atoms with Crippen LogP contribution in [0.15, 0.2) is 4.23 Å². The van der Waals surface area contributed by atoms with Gasteiger partial charge in [-0.25, -0.2) is 0 Å². The monoisotopic (exact) mass is 173 g/mol. The Morgan fingerprint density at radius 1 is 0.889 bits per heavy atom. The Kier molecular flexibility index (Phi) is 52900. The van der Waals surface area contributed by atoms with E-state index in [-0.39, 0.29) is 0 Å². The van der Waals surface area contributed by atoms with Crippen LogP contribution in [-0.2, 0) is 30.3 Å². The molecule has 0 heterocycles. The first-order chi connectivity index (χ1) is 4.41. The van der Waals surface area contributed by atoms with E-state index in [9.17, 15) is 0 Å². The summed E-state index contributed by atoms with van der Waals surface area (Å²) >= 11 is 2.90. The molecule has 0 spiro atoms. The van der Waals surface area contributed by atoms with Crippen molar-refractivity contribution in [3.8, 4) is 0 Å². The summed E-state index contributed by atoms with van der Waals surface area (Å²) in [5.41, 5.74) is 0. The molecule has 0 saturated heterocycles. The maximum absolute atomic E-state index is 8.42. The molecule has 0 atom stereocenters. The molecule has 0 saturated carbocycles. The molecule has 0 aromatic carbocycles. The molecular weight excluding hydrogens is 173 g/mol. The molecule has 0 amide bonds. The van der Waals surface area contributed by atoms with Crippen molar-refractivity contribution in [2.75, 3.05) is 0 Å². The predicted molar refractivity (Wildman–Crippen MR) is 22.9 cm³/mol. The molecule has 50 valence electrons. The van der Waals surface area contributed by atoms with Gasteiger partial charge in [-0.2, -0.15) is 0 Å². The third-order valence-corrected chi connectivity index (χ3v) is 0. The van der Waals surface area contributed by atoms with Gasteiger partial charge in [0.15, 0.2) is 0 Å². The Morgan fingerprint density at radius 3 is 0.889 bits per heavy atom. The quantitative estimate of drug-likeness (QED) is 0.441. The van der Waals surface area contributed by atoms with Crippen molar-refractivity contribution in [3.05, 3.63) is 4.91 Å². The smallest absolute Gasteiger partial charge is 0.281 e. The Labute approximate surface area is 60.6 Å². The van der Waals surface area contributed by atoms with Crippen molar-refractivity contribution in [2.45, 2.75) is 0 Å². The van der Waals surface area contributed by atoms with Crippen molar-refractivity contribution in [1.82, 2.24) is 0 Å². The van der Waals surface area contributed by atoms with Crippen LogP contribution >= 0.6 is 0 Å². The number of nitroso groups, excluding NO2 is 1. The molecule has 6 heteroatoms. The zero-order valence-electron chi connectivity index (χ0n) is 3.91. The number of hydrogen-bond donors (Lipinski definition) is 0. The van der Waals surface area contributed by atoms with Gasteiger partial charge in [-0.05, 0) is 0 Å². The minimum Gasteiger partial charge on any atom is -0.281 e. The number of nitrogens with zero attached hydrogens (tertiary/aromatic N) is 1. The van der Waals surface area contributed by atoms with Crippen LogP contribution in [0.2, 0.25) is 0 Å². The van der Waals surface area contributed by atoms with E-state index in [0.29, 0.717) is 0 Å². The molecule has 0 aliphatic heterocycles. The SMILES string of the molecule is O=[N][Co].[C]=O.[C]=O.[C]=O. The fourth-order valence-corrected chi connectivity index (χ4v) is 0. The van der Waals surface area contributed by atoms with Crippen LogP contribution in [0, 0.1) is 4.91 Å². The molecule has 9 heavy (non-hydrogen) atoms. The normalized spacial score (nSPS) is 2.89. The first-order valence-electron chi connectivity index (χ1n) is 0.944. The summed E-state index contributed by atoms with van der Waals surface area (Å²) in [6.07, 6.45) is 0. The Balaban J connectivity index is -0.0000000190. The fraction of sp³-hybridized carbons (Fsp3) is 0. The second kappa shape index (κ2) is 19600. The molecule has 0 unspecified atom stereocenters. The van der Waals surface area contributed by atoms with Crippen LogP contribution < -0.4 is 0 Å². The zero-order chi connectivity index (χ0) is 8.71. The van der Waals surface area contributed by atoms with E-state index in [2.05, 4.69) is 36.3 Å². The third-order valence-electron chi connectivity index (χ3n) is 0. The molecule has 5 nitrogen and oxygen atoms in total. The van der Waals surface area contributed by atoms with Crippen molar-refractivity contribution in [2.24, 2.45) is 4.23 Å². The summed E-state index contributed by atoms with van der Waals surface area (Å²) in [5, 5.41) is 0. The van der Waals surface area contributed by atoms with Crippen molar-refractivity contribution in [1.29, 1.82) is 0 Å². The van der Waals surface area contributed by atoms with Gasteiger partial charge < -0.3 is 0 Å². The number of carbonyl (C=O) groups excluding carboxylic acids is 3. The predicted octanol–water partition coefficient (Wildman–Crippen LogP) is -0.977. The summed E-state index contributed by atoms with van der Waals surface area (Å²) in [6, 6.07) is 0. The van der Waals surface area contributed by atoms with Crippen LogP contribution in [0.25, 0.3) is 0 Å². The summed E-state index contributed by atoms with van der Waals surface area (Å²) in [4.78, 5) is 30.9. The van der Waals surface area contributed by atoms with Gasteiger partial charge in [0.2, 0.25) is 0 Å². The molecule has 0 N–H and O–H groups in total. The maximum atomic E-state index is 8.42. The van der Waals surface area contributed by atoms with Gasteiger partial charge in [0.05, 0.1) is 0 Å². The standard InChI is InChI=1S/3CO.Co.NO/c3*1-2;;1-2/q;;;+1;-1. The van der Waals surface area contributed by atoms with E-state index < -0.39 is 0 Å². The summed E-state index contributed by atoms with van der Waals surface area (Å²) < 4.78 is 1.94. The Morgan fingerprint density at radius 2 is 0.889 bits per heavy atom.